The van der Waals surface area contributed by atoms with E-state index in [-0.39, 0.29) is 5.41 Å². The minimum atomic E-state index is 0.0382. The zero-order valence-corrected chi connectivity index (χ0v) is 10.0. The topological polar surface area (TPSA) is 27.1 Å². The van der Waals surface area contributed by atoms with E-state index in [2.05, 4.69) is 32.8 Å². The largest absolute Gasteiger partial charge is 0.493 e. The van der Waals surface area contributed by atoms with Crippen molar-refractivity contribution >= 4 is 0 Å². The molecular formula is C11H20N2O. The van der Waals surface area contributed by atoms with Gasteiger partial charge in [-0.3, -0.25) is 4.68 Å². The van der Waals surface area contributed by atoms with Crippen LogP contribution >= 0.6 is 0 Å². The summed E-state index contributed by atoms with van der Waals surface area (Å²) in [5.74, 6) is 0.930. The van der Waals surface area contributed by atoms with Gasteiger partial charge >= 0.3 is 0 Å². The minimum Gasteiger partial charge on any atom is -0.493 e. The summed E-state index contributed by atoms with van der Waals surface area (Å²) in [6.45, 7) is 11.5. The van der Waals surface area contributed by atoms with Gasteiger partial charge < -0.3 is 4.74 Å². The molecule has 0 saturated carbocycles. The molecule has 0 N–H and O–H groups in total. The van der Waals surface area contributed by atoms with Gasteiger partial charge in [-0.1, -0.05) is 20.8 Å². The number of nitrogens with zero attached hydrogens (tertiary/aromatic N) is 2. The second-order valence-electron chi connectivity index (χ2n) is 4.53. The Morgan fingerprint density at radius 3 is 2.21 bits per heavy atom. The van der Waals surface area contributed by atoms with Crippen molar-refractivity contribution in [1.29, 1.82) is 0 Å². The van der Waals surface area contributed by atoms with E-state index in [0.717, 1.165) is 23.7 Å². The summed E-state index contributed by atoms with van der Waals surface area (Å²) in [6.07, 6.45) is 0. The minimum absolute atomic E-state index is 0.0382. The molecule has 3 nitrogen and oxygen atoms in total. The average Bonchev–Trinajstić information content (AvgIpc) is 2.41. The van der Waals surface area contributed by atoms with E-state index in [9.17, 15) is 0 Å². The summed E-state index contributed by atoms with van der Waals surface area (Å²) < 4.78 is 7.39. The Bertz CT molecular complexity index is 321. The fourth-order valence-corrected chi connectivity index (χ4v) is 1.57. The van der Waals surface area contributed by atoms with Gasteiger partial charge in [-0.15, -0.1) is 0 Å². The Kier molecular flexibility index (Phi) is 2.88. The highest BCUT2D eigenvalue weighted by molar-refractivity contribution is 5.37. The molecule has 0 spiro atoms. The maximum atomic E-state index is 5.40. The fourth-order valence-electron chi connectivity index (χ4n) is 1.57. The first-order chi connectivity index (χ1) is 6.41. The molecule has 0 amide bonds. The second kappa shape index (κ2) is 3.64. The molecule has 80 valence electrons. The Hall–Kier alpha value is -0.990. The number of aryl methyl sites for hydroxylation is 1. The van der Waals surface area contributed by atoms with Crippen molar-refractivity contribution in [2.75, 3.05) is 7.11 Å². The molecule has 3 heteroatoms. The lowest BCUT2D eigenvalue weighted by molar-refractivity contribution is 0.394. The number of rotatable bonds is 2. The molecule has 0 saturated heterocycles. The molecule has 1 aromatic heterocycles. The Morgan fingerprint density at radius 1 is 1.36 bits per heavy atom. The summed E-state index contributed by atoms with van der Waals surface area (Å²) in [7, 11) is 1.71. The van der Waals surface area contributed by atoms with Crippen molar-refractivity contribution in [3.05, 3.63) is 11.4 Å². The van der Waals surface area contributed by atoms with Crippen LogP contribution in [0.15, 0.2) is 0 Å². The number of aromatic nitrogens is 2. The molecule has 1 heterocycles. The first-order valence-corrected chi connectivity index (χ1v) is 5.03. The van der Waals surface area contributed by atoms with Gasteiger partial charge in [0.05, 0.1) is 12.8 Å². The van der Waals surface area contributed by atoms with E-state index in [1.165, 1.54) is 0 Å². The van der Waals surface area contributed by atoms with Gasteiger partial charge in [-0.05, 0) is 13.8 Å². The van der Waals surface area contributed by atoms with Crippen molar-refractivity contribution in [2.45, 2.75) is 46.6 Å². The predicted molar refractivity (Wildman–Crippen MR) is 57.9 cm³/mol. The zero-order chi connectivity index (χ0) is 10.9. The van der Waals surface area contributed by atoms with Crippen molar-refractivity contribution in [2.24, 2.45) is 0 Å². The average molecular weight is 196 g/mol. The van der Waals surface area contributed by atoms with Crippen LogP contribution in [0.5, 0.6) is 5.75 Å². The molecule has 1 aromatic rings. The molecule has 0 fully saturated rings. The molecule has 0 radical (unpaired) electrons. The van der Waals surface area contributed by atoms with E-state index >= 15 is 0 Å². The number of methoxy groups -OCH3 is 1. The van der Waals surface area contributed by atoms with Crippen LogP contribution in [0.25, 0.3) is 0 Å². The highest BCUT2D eigenvalue weighted by Crippen LogP contribution is 2.32. The Balaban J connectivity index is 3.30. The van der Waals surface area contributed by atoms with E-state index in [1.54, 1.807) is 7.11 Å². The van der Waals surface area contributed by atoms with Crippen LogP contribution in [0.1, 0.15) is 39.1 Å². The van der Waals surface area contributed by atoms with Crippen molar-refractivity contribution in [1.82, 2.24) is 9.78 Å². The smallest absolute Gasteiger partial charge is 0.163 e. The van der Waals surface area contributed by atoms with Gasteiger partial charge in [0.15, 0.2) is 5.75 Å². The molecule has 0 aromatic carbocycles. The summed E-state index contributed by atoms with van der Waals surface area (Å²) in [6, 6.07) is 0. The van der Waals surface area contributed by atoms with E-state index < -0.39 is 0 Å². The SMILES string of the molecule is CCn1nc(C(C)(C)C)c(OC)c1C. The lowest BCUT2D eigenvalue weighted by atomic mass is 9.91. The van der Waals surface area contributed by atoms with Gasteiger partial charge in [0.25, 0.3) is 0 Å². The molecule has 0 atom stereocenters. The predicted octanol–water partition coefficient (Wildman–Crippen LogP) is 2.52. The van der Waals surface area contributed by atoms with Crippen molar-refractivity contribution in [3.8, 4) is 5.75 Å². The van der Waals surface area contributed by atoms with Gasteiger partial charge in [-0.2, -0.15) is 5.10 Å². The van der Waals surface area contributed by atoms with Crippen molar-refractivity contribution < 1.29 is 4.74 Å². The third-order valence-electron chi connectivity index (χ3n) is 2.37. The van der Waals surface area contributed by atoms with Crippen LogP contribution < -0.4 is 4.74 Å². The van der Waals surface area contributed by atoms with Gasteiger partial charge in [0.1, 0.15) is 5.69 Å². The monoisotopic (exact) mass is 196 g/mol. The van der Waals surface area contributed by atoms with Crippen molar-refractivity contribution in [3.63, 3.8) is 0 Å². The van der Waals surface area contributed by atoms with E-state index in [0.29, 0.717) is 0 Å². The third-order valence-corrected chi connectivity index (χ3v) is 2.37. The number of hydrogen-bond acceptors (Lipinski definition) is 2. The van der Waals surface area contributed by atoms with E-state index in [4.69, 9.17) is 4.74 Å². The summed E-state index contributed by atoms with van der Waals surface area (Å²) in [5, 5.41) is 4.56. The molecule has 0 aliphatic rings. The van der Waals surface area contributed by atoms with Crippen LogP contribution in [0, 0.1) is 6.92 Å². The van der Waals surface area contributed by atoms with Gasteiger partial charge in [0, 0.05) is 12.0 Å². The van der Waals surface area contributed by atoms with Crippen LogP contribution in [0.4, 0.5) is 0 Å². The zero-order valence-electron chi connectivity index (χ0n) is 10.0. The summed E-state index contributed by atoms with van der Waals surface area (Å²) in [4.78, 5) is 0. The van der Waals surface area contributed by atoms with E-state index in [1.807, 2.05) is 11.6 Å². The quantitative estimate of drug-likeness (QED) is 0.726. The van der Waals surface area contributed by atoms with Crippen LogP contribution in [-0.2, 0) is 12.0 Å². The molecule has 1 rings (SSSR count). The molecular weight excluding hydrogens is 176 g/mol. The molecule has 0 aliphatic heterocycles. The Labute approximate surface area is 86.1 Å². The van der Waals surface area contributed by atoms with Crippen LogP contribution in [0.2, 0.25) is 0 Å². The standard InChI is InChI=1S/C11H20N2O/c1-7-13-8(2)9(14-6)10(12-13)11(3,4)5/h7H2,1-6H3. The van der Waals surface area contributed by atoms with Crippen LogP contribution in [-0.4, -0.2) is 16.9 Å². The molecule has 14 heavy (non-hydrogen) atoms. The highest BCUT2D eigenvalue weighted by atomic mass is 16.5. The lowest BCUT2D eigenvalue weighted by Crippen LogP contribution is -2.13. The fraction of sp³-hybridized carbons (Fsp3) is 0.727. The van der Waals surface area contributed by atoms with Gasteiger partial charge in [-0.25, -0.2) is 0 Å². The Morgan fingerprint density at radius 2 is 1.93 bits per heavy atom. The first kappa shape index (κ1) is 11.1. The molecule has 0 unspecified atom stereocenters. The lowest BCUT2D eigenvalue weighted by Gasteiger charge is -2.16. The van der Waals surface area contributed by atoms with Gasteiger partial charge in [0.2, 0.25) is 0 Å². The molecule has 0 bridgehead atoms. The second-order valence-corrected chi connectivity index (χ2v) is 4.53. The maximum Gasteiger partial charge on any atom is 0.163 e. The normalized spacial score (nSPS) is 11.9. The maximum absolute atomic E-state index is 5.40. The number of hydrogen-bond donors (Lipinski definition) is 0. The summed E-state index contributed by atoms with van der Waals surface area (Å²) in [5.41, 5.74) is 2.19. The number of ether oxygens (including phenoxy) is 1. The third kappa shape index (κ3) is 1.76. The highest BCUT2D eigenvalue weighted by Gasteiger charge is 2.25. The summed E-state index contributed by atoms with van der Waals surface area (Å²) >= 11 is 0. The van der Waals surface area contributed by atoms with Crippen LogP contribution in [0.3, 0.4) is 0 Å². The molecule has 0 aliphatic carbocycles. The first-order valence-electron chi connectivity index (χ1n) is 5.03.